The first-order valence-corrected chi connectivity index (χ1v) is 17.6. The van der Waals surface area contributed by atoms with Crippen LogP contribution in [-0.2, 0) is 36.3 Å². The number of benzene rings is 1. The van der Waals surface area contributed by atoms with E-state index in [0.717, 1.165) is 36.0 Å². The van der Waals surface area contributed by atoms with Crippen LogP contribution < -0.4 is 0 Å². The number of ether oxygens (including phenoxy) is 2. The topological polar surface area (TPSA) is 93.1 Å². The molecule has 2 N–H and O–H groups in total. The third-order valence-corrected chi connectivity index (χ3v) is 8.26. The highest BCUT2D eigenvalue weighted by Gasteiger charge is 2.26. The van der Waals surface area contributed by atoms with Crippen LogP contribution in [0.15, 0.2) is 12.1 Å². The molecule has 6 nitrogen and oxygen atoms in total. The highest BCUT2D eigenvalue weighted by molar-refractivity contribution is 5.70. The molecule has 44 heavy (non-hydrogen) atoms. The minimum Gasteiger partial charge on any atom is -0.507 e. The number of aliphatic hydroxyl groups is 1. The summed E-state index contributed by atoms with van der Waals surface area (Å²) >= 11 is 0. The van der Waals surface area contributed by atoms with Crippen LogP contribution in [0.1, 0.15) is 174 Å². The Morgan fingerprint density at radius 2 is 1.00 bits per heavy atom. The summed E-state index contributed by atoms with van der Waals surface area (Å²) in [6, 6.07) is 3.93. The van der Waals surface area contributed by atoms with Gasteiger partial charge < -0.3 is 19.7 Å². The van der Waals surface area contributed by atoms with Gasteiger partial charge in [0, 0.05) is 12.8 Å². The molecule has 1 aromatic rings. The molecule has 1 unspecified atom stereocenters. The second-order valence-corrected chi connectivity index (χ2v) is 14.8. The molecule has 0 aromatic heterocycles. The fraction of sp³-hybridized carbons (Fsp3) is 0.789. The van der Waals surface area contributed by atoms with Crippen LogP contribution in [0.25, 0.3) is 0 Å². The van der Waals surface area contributed by atoms with Gasteiger partial charge >= 0.3 is 11.9 Å². The summed E-state index contributed by atoms with van der Waals surface area (Å²) in [6.07, 6.45) is 19.1. The van der Waals surface area contributed by atoms with Crippen LogP contribution in [0, 0.1) is 0 Å². The summed E-state index contributed by atoms with van der Waals surface area (Å²) in [4.78, 5) is 24.4. The number of aryl methyl sites for hydroxylation is 1. The highest BCUT2D eigenvalue weighted by atomic mass is 16.6. The number of aliphatic hydroxyl groups excluding tert-OH is 1. The Kier molecular flexibility index (Phi) is 19.6. The molecule has 1 rings (SSSR count). The fourth-order valence-electron chi connectivity index (χ4n) is 5.44. The van der Waals surface area contributed by atoms with Crippen LogP contribution >= 0.6 is 0 Å². The van der Waals surface area contributed by atoms with Crippen molar-refractivity contribution < 1.29 is 29.3 Å². The van der Waals surface area contributed by atoms with Crippen molar-refractivity contribution >= 4 is 11.9 Å². The van der Waals surface area contributed by atoms with Gasteiger partial charge in [-0.25, -0.2) is 0 Å². The van der Waals surface area contributed by atoms with Gasteiger partial charge in [0.2, 0.25) is 0 Å². The smallest absolute Gasteiger partial charge is 0.306 e. The predicted molar refractivity (Wildman–Crippen MR) is 181 cm³/mol. The van der Waals surface area contributed by atoms with Crippen molar-refractivity contribution in [1.29, 1.82) is 0 Å². The summed E-state index contributed by atoms with van der Waals surface area (Å²) in [5.41, 5.74) is 2.19. The van der Waals surface area contributed by atoms with E-state index in [-0.39, 0.29) is 36.4 Å². The molecule has 0 bridgehead atoms. The van der Waals surface area contributed by atoms with Crippen molar-refractivity contribution in [2.24, 2.45) is 0 Å². The maximum Gasteiger partial charge on any atom is 0.306 e. The van der Waals surface area contributed by atoms with Gasteiger partial charge in [-0.1, -0.05) is 150 Å². The quantitative estimate of drug-likeness (QED) is 0.0937. The number of carbonyl (C=O) groups excluding carboxylic acids is 2. The third kappa shape index (κ3) is 18.0. The number of phenols is 1. The molecule has 0 aliphatic carbocycles. The lowest BCUT2D eigenvalue weighted by atomic mass is 9.78. The average Bonchev–Trinajstić information content (AvgIpc) is 2.95. The maximum atomic E-state index is 12.4. The number of unbranched alkanes of at least 4 members (excludes halogenated alkanes) is 14. The maximum absolute atomic E-state index is 12.4. The van der Waals surface area contributed by atoms with Gasteiger partial charge in [-0.05, 0) is 40.4 Å². The molecule has 1 aromatic carbocycles. The molecule has 0 saturated carbocycles. The Balaban J connectivity index is 2.16. The van der Waals surface area contributed by atoms with E-state index < -0.39 is 12.1 Å². The second kappa shape index (κ2) is 21.6. The van der Waals surface area contributed by atoms with Crippen LogP contribution in [0.5, 0.6) is 5.75 Å². The van der Waals surface area contributed by atoms with Gasteiger partial charge in [0.05, 0.1) is 0 Å². The van der Waals surface area contributed by atoms with E-state index in [9.17, 15) is 19.8 Å². The number of aromatic hydroxyl groups is 1. The number of hydrogen-bond donors (Lipinski definition) is 2. The molecule has 0 fully saturated rings. The molecule has 1 atom stereocenters. The Labute approximate surface area is 269 Å². The van der Waals surface area contributed by atoms with Gasteiger partial charge in [-0.2, -0.15) is 0 Å². The monoisotopic (exact) mass is 618 g/mol. The number of phenolic OH excluding ortho intramolecular Hbond substituents is 1. The van der Waals surface area contributed by atoms with Crippen LogP contribution in [-0.4, -0.2) is 41.5 Å². The number of esters is 2. The SMILES string of the molecule is CCCCCCCCCCCCCCCCCC(=O)OCC(O)COC(=O)CCc1cc(C(C)(C)C)c(O)c(C(C)(C)C)c1. The number of hydrogen-bond acceptors (Lipinski definition) is 6. The number of carbonyl (C=O) groups is 2. The summed E-state index contributed by atoms with van der Waals surface area (Å²) < 4.78 is 10.4. The standard InChI is InChI=1S/C38H66O6/c1-8-9-10-11-12-13-14-15-16-17-18-19-20-21-22-23-34(40)43-28-31(39)29-44-35(41)25-24-30-26-32(37(2,3)4)36(42)33(27-30)38(5,6)7/h26-27,31,39,42H,8-25,28-29H2,1-7H3. The first kappa shape index (κ1) is 39.9. The van der Waals surface area contributed by atoms with E-state index in [1.165, 1.54) is 77.0 Å². The molecule has 0 radical (unpaired) electrons. The molecule has 254 valence electrons. The summed E-state index contributed by atoms with van der Waals surface area (Å²) in [6.45, 7) is 14.2. The van der Waals surface area contributed by atoms with Gasteiger partial charge in [0.25, 0.3) is 0 Å². The van der Waals surface area contributed by atoms with Crippen molar-refractivity contribution in [3.05, 3.63) is 28.8 Å². The summed E-state index contributed by atoms with van der Waals surface area (Å²) in [5.74, 6) is -0.425. The Bertz CT molecular complexity index is 905. The molecule has 0 saturated heterocycles. The van der Waals surface area contributed by atoms with E-state index in [2.05, 4.69) is 48.5 Å². The lowest BCUT2D eigenvalue weighted by Gasteiger charge is -2.28. The van der Waals surface area contributed by atoms with Gasteiger partial charge in [-0.15, -0.1) is 0 Å². The summed E-state index contributed by atoms with van der Waals surface area (Å²) in [5, 5.41) is 21.0. The zero-order valence-corrected chi connectivity index (χ0v) is 29.4. The Hall–Kier alpha value is -2.08. The van der Waals surface area contributed by atoms with Crippen LogP contribution in [0.2, 0.25) is 0 Å². The minimum absolute atomic E-state index is 0.156. The lowest BCUT2D eigenvalue weighted by molar-refractivity contribution is -0.152. The van der Waals surface area contributed by atoms with Crippen LogP contribution in [0.3, 0.4) is 0 Å². The number of rotatable bonds is 23. The largest absolute Gasteiger partial charge is 0.507 e. The van der Waals surface area contributed by atoms with Gasteiger partial charge in [0.1, 0.15) is 25.1 Å². The van der Waals surface area contributed by atoms with Gasteiger partial charge in [-0.3, -0.25) is 9.59 Å². The first-order valence-electron chi connectivity index (χ1n) is 17.6. The Morgan fingerprint density at radius 1 is 0.636 bits per heavy atom. The van der Waals surface area contributed by atoms with E-state index >= 15 is 0 Å². The summed E-state index contributed by atoms with van der Waals surface area (Å²) in [7, 11) is 0. The molecular weight excluding hydrogens is 552 g/mol. The predicted octanol–water partition coefficient (Wildman–Crippen LogP) is 9.63. The normalized spacial score (nSPS) is 12.7. The second-order valence-electron chi connectivity index (χ2n) is 14.8. The fourth-order valence-corrected chi connectivity index (χ4v) is 5.44. The third-order valence-electron chi connectivity index (χ3n) is 8.26. The molecular formula is C38H66O6. The molecule has 0 heterocycles. The molecule has 0 spiro atoms. The first-order chi connectivity index (χ1) is 20.8. The highest BCUT2D eigenvalue weighted by Crippen LogP contribution is 2.40. The average molecular weight is 619 g/mol. The van der Waals surface area contributed by atoms with Crippen molar-refractivity contribution in [2.45, 2.75) is 181 Å². The van der Waals surface area contributed by atoms with Crippen molar-refractivity contribution in [1.82, 2.24) is 0 Å². The van der Waals surface area contributed by atoms with Crippen molar-refractivity contribution in [2.75, 3.05) is 13.2 Å². The van der Waals surface area contributed by atoms with Gasteiger partial charge in [0.15, 0.2) is 0 Å². The van der Waals surface area contributed by atoms with Crippen LogP contribution in [0.4, 0.5) is 0 Å². The van der Waals surface area contributed by atoms with Crippen molar-refractivity contribution in [3.63, 3.8) is 0 Å². The zero-order chi connectivity index (χ0) is 33.0. The van der Waals surface area contributed by atoms with E-state index in [0.29, 0.717) is 18.6 Å². The van der Waals surface area contributed by atoms with Crippen molar-refractivity contribution in [3.8, 4) is 5.75 Å². The molecule has 6 heteroatoms. The van der Waals surface area contributed by atoms with E-state index in [1.54, 1.807) is 0 Å². The molecule has 0 amide bonds. The Morgan fingerprint density at radius 3 is 1.39 bits per heavy atom. The zero-order valence-electron chi connectivity index (χ0n) is 29.4. The molecule has 0 aliphatic heterocycles. The lowest BCUT2D eigenvalue weighted by Crippen LogP contribution is -2.25. The van der Waals surface area contributed by atoms with E-state index in [1.807, 2.05) is 12.1 Å². The van der Waals surface area contributed by atoms with E-state index in [4.69, 9.17) is 9.47 Å². The molecule has 0 aliphatic rings. The minimum atomic E-state index is -1.04.